The second-order valence-electron chi connectivity index (χ2n) is 9.24. The molecular formula is C28H37N3O5. The van der Waals surface area contributed by atoms with Gasteiger partial charge in [-0.25, -0.2) is 5.48 Å². The van der Waals surface area contributed by atoms with Crippen molar-refractivity contribution in [1.82, 2.24) is 16.1 Å². The topological polar surface area (TPSA) is 117 Å². The highest BCUT2D eigenvalue weighted by molar-refractivity contribution is 5.94. The van der Waals surface area contributed by atoms with Gasteiger partial charge in [0, 0.05) is 31.6 Å². The zero-order valence-electron chi connectivity index (χ0n) is 20.7. The normalized spacial score (nSPS) is 14.2. The average Bonchev–Trinajstić information content (AvgIpc) is 3.42. The molecule has 1 fully saturated rings. The number of unbranched alkanes of at least 4 members (excludes halogenated alkanes) is 2. The molecule has 0 aliphatic heterocycles. The summed E-state index contributed by atoms with van der Waals surface area (Å²) in [5, 5.41) is 14.8. The van der Waals surface area contributed by atoms with Crippen molar-refractivity contribution in [3.8, 4) is 0 Å². The van der Waals surface area contributed by atoms with E-state index in [1.165, 1.54) is 0 Å². The quantitative estimate of drug-likeness (QED) is 0.137. The molecule has 0 spiro atoms. The van der Waals surface area contributed by atoms with E-state index in [9.17, 15) is 14.4 Å². The summed E-state index contributed by atoms with van der Waals surface area (Å²) in [6.45, 7) is 1.48. The van der Waals surface area contributed by atoms with E-state index in [4.69, 9.17) is 9.94 Å². The van der Waals surface area contributed by atoms with Gasteiger partial charge in [0.25, 0.3) is 5.91 Å². The SMILES string of the molecule is O=C(CCCCCNC(=O)c1cccc(CNC[C@H](C(=O)OC2CCCC2)c2ccccc2)c1)NO. The largest absolute Gasteiger partial charge is 0.462 e. The first-order chi connectivity index (χ1) is 17.6. The number of nitrogens with one attached hydrogen (secondary N) is 3. The van der Waals surface area contributed by atoms with Crippen LogP contribution in [0.1, 0.15) is 78.8 Å². The van der Waals surface area contributed by atoms with Crippen molar-refractivity contribution >= 4 is 17.8 Å². The molecule has 0 heterocycles. The van der Waals surface area contributed by atoms with Crippen LogP contribution in [0.25, 0.3) is 0 Å². The van der Waals surface area contributed by atoms with Crippen LogP contribution >= 0.6 is 0 Å². The molecule has 0 bridgehead atoms. The van der Waals surface area contributed by atoms with Gasteiger partial charge >= 0.3 is 5.97 Å². The molecule has 1 aliphatic carbocycles. The van der Waals surface area contributed by atoms with Crippen LogP contribution in [0.5, 0.6) is 0 Å². The molecule has 4 N–H and O–H groups in total. The van der Waals surface area contributed by atoms with Gasteiger partial charge < -0.3 is 15.4 Å². The predicted molar refractivity (Wildman–Crippen MR) is 136 cm³/mol. The Morgan fingerprint density at radius 1 is 0.972 bits per heavy atom. The molecule has 2 amide bonds. The number of hydrogen-bond acceptors (Lipinski definition) is 6. The molecule has 8 nitrogen and oxygen atoms in total. The third-order valence-electron chi connectivity index (χ3n) is 6.43. The second-order valence-corrected chi connectivity index (χ2v) is 9.24. The van der Waals surface area contributed by atoms with Gasteiger partial charge in [-0.15, -0.1) is 0 Å². The number of esters is 1. The summed E-state index contributed by atoms with van der Waals surface area (Å²) in [4.78, 5) is 36.5. The molecule has 1 saturated carbocycles. The Hall–Kier alpha value is -3.23. The summed E-state index contributed by atoms with van der Waals surface area (Å²) < 4.78 is 5.80. The van der Waals surface area contributed by atoms with Crippen LogP contribution in [-0.2, 0) is 20.9 Å². The minimum absolute atomic E-state index is 0.0268. The summed E-state index contributed by atoms with van der Waals surface area (Å²) in [6.07, 6.45) is 6.59. The summed E-state index contributed by atoms with van der Waals surface area (Å²) in [5.74, 6) is -1.12. The molecular weight excluding hydrogens is 458 g/mol. The van der Waals surface area contributed by atoms with Gasteiger partial charge in [-0.2, -0.15) is 0 Å². The summed E-state index contributed by atoms with van der Waals surface area (Å²) in [7, 11) is 0. The number of carbonyl (C=O) groups excluding carboxylic acids is 3. The van der Waals surface area contributed by atoms with E-state index >= 15 is 0 Å². The molecule has 194 valence electrons. The number of amides is 2. The van der Waals surface area contributed by atoms with E-state index in [2.05, 4.69) is 10.6 Å². The van der Waals surface area contributed by atoms with Crippen LogP contribution in [0.3, 0.4) is 0 Å². The number of rotatable bonds is 14. The number of hydrogen-bond donors (Lipinski definition) is 4. The van der Waals surface area contributed by atoms with Crippen molar-refractivity contribution in [2.45, 2.75) is 69.9 Å². The predicted octanol–water partition coefficient (Wildman–Crippen LogP) is 3.84. The van der Waals surface area contributed by atoms with Gasteiger partial charge in [-0.1, -0.05) is 48.9 Å². The zero-order valence-corrected chi connectivity index (χ0v) is 20.7. The van der Waals surface area contributed by atoms with Gasteiger partial charge in [0.2, 0.25) is 5.91 Å². The average molecular weight is 496 g/mol. The Labute approximate surface area is 212 Å². The molecule has 1 atom stereocenters. The lowest BCUT2D eigenvalue weighted by atomic mass is 9.99. The first-order valence-electron chi connectivity index (χ1n) is 12.8. The minimum Gasteiger partial charge on any atom is -0.462 e. The number of ether oxygens (including phenoxy) is 1. The monoisotopic (exact) mass is 495 g/mol. The maximum atomic E-state index is 13.0. The second kappa shape index (κ2) is 15.0. The van der Waals surface area contributed by atoms with Crippen LogP contribution in [0.4, 0.5) is 0 Å². The van der Waals surface area contributed by atoms with Crippen molar-refractivity contribution in [1.29, 1.82) is 0 Å². The fourth-order valence-corrected chi connectivity index (χ4v) is 4.41. The van der Waals surface area contributed by atoms with E-state index in [1.807, 2.05) is 48.5 Å². The summed E-state index contributed by atoms with van der Waals surface area (Å²) >= 11 is 0. The van der Waals surface area contributed by atoms with Crippen LogP contribution in [-0.4, -0.2) is 42.2 Å². The zero-order chi connectivity index (χ0) is 25.6. The van der Waals surface area contributed by atoms with Crippen molar-refractivity contribution in [2.24, 2.45) is 0 Å². The van der Waals surface area contributed by atoms with Gasteiger partial charge in [-0.05, 0) is 61.8 Å². The molecule has 0 saturated heterocycles. The molecule has 0 unspecified atom stereocenters. The molecule has 36 heavy (non-hydrogen) atoms. The van der Waals surface area contributed by atoms with Crippen LogP contribution in [0.15, 0.2) is 54.6 Å². The Balaban J connectivity index is 1.47. The Morgan fingerprint density at radius 3 is 2.50 bits per heavy atom. The fourth-order valence-electron chi connectivity index (χ4n) is 4.41. The lowest BCUT2D eigenvalue weighted by Gasteiger charge is -2.20. The van der Waals surface area contributed by atoms with Gasteiger partial charge in [0.1, 0.15) is 6.10 Å². The number of hydroxylamine groups is 1. The number of benzene rings is 2. The van der Waals surface area contributed by atoms with Gasteiger partial charge in [-0.3, -0.25) is 19.6 Å². The number of carbonyl (C=O) groups is 3. The van der Waals surface area contributed by atoms with Crippen molar-refractivity contribution < 1.29 is 24.3 Å². The van der Waals surface area contributed by atoms with Crippen LogP contribution in [0, 0.1) is 0 Å². The molecule has 8 heteroatoms. The Morgan fingerprint density at radius 2 is 1.75 bits per heavy atom. The highest BCUT2D eigenvalue weighted by Gasteiger charge is 2.26. The highest BCUT2D eigenvalue weighted by atomic mass is 16.5. The van der Waals surface area contributed by atoms with Gasteiger partial charge in [0.15, 0.2) is 0 Å². The van der Waals surface area contributed by atoms with E-state index in [0.717, 1.165) is 49.7 Å². The molecule has 0 radical (unpaired) electrons. The highest BCUT2D eigenvalue weighted by Crippen LogP contribution is 2.24. The standard InChI is InChI=1S/C28H37N3O5/c32-26(31-35)16-5-2-8-17-30-27(33)23-13-9-10-21(18-23)19-29-20-25(22-11-3-1-4-12-22)28(34)36-24-14-6-7-15-24/h1,3-4,9-13,18,24-25,29,35H,2,5-8,14-17,19-20H2,(H,30,33)(H,31,32)/t25-/m0/s1. The minimum atomic E-state index is -0.398. The molecule has 2 aromatic rings. The third kappa shape index (κ3) is 9.09. The van der Waals surface area contributed by atoms with E-state index in [-0.39, 0.29) is 30.3 Å². The van der Waals surface area contributed by atoms with E-state index in [0.29, 0.717) is 31.6 Å². The van der Waals surface area contributed by atoms with Crippen LogP contribution in [0.2, 0.25) is 0 Å². The third-order valence-corrected chi connectivity index (χ3v) is 6.43. The van der Waals surface area contributed by atoms with Crippen molar-refractivity contribution in [3.63, 3.8) is 0 Å². The Kier molecular flexibility index (Phi) is 11.4. The van der Waals surface area contributed by atoms with Gasteiger partial charge in [0.05, 0.1) is 5.92 Å². The lowest BCUT2D eigenvalue weighted by molar-refractivity contribution is -0.150. The van der Waals surface area contributed by atoms with Crippen molar-refractivity contribution in [2.75, 3.05) is 13.1 Å². The fraction of sp³-hybridized carbons (Fsp3) is 0.464. The summed E-state index contributed by atoms with van der Waals surface area (Å²) in [6, 6.07) is 17.1. The molecule has 0 aromatic heterocycles. The van der Waals surface area contributed by atoms with Crippen molar-refractivity contribution in [3.05, 3.63) is 71.3 Å². The molecule has 2 aromatic carbocycles. The first kappa shape index (κ1) is 27.4. The maximum Gasteiger partial charge on any atom is 0.314 e. The van der Waals surface area contributed by atoms with Crippen LogP contribution < -0.4 is 16.1 Å². The lowest BCUT2D eigenvalue weighted by Crippen LogP contribution is -2.30. The Bertz CT molecular complexity index is 976. The summed E-state index contributed by atoms with van der Waals surface area (Å²) in [5.41, 5.74) is 4.07. The molecule has 3 rings (SSSR count). The molecule has 1 aliphatic rings. The van der Waals surface area contributed by atoms with E-state index in [1.54, 1.807) is 11.5 Å². The first-order valence-corrected chi connectivity index (χ1v) is 12.8. The van der Waals surface area contributed by atoms with E-state index < -0.39 is 5.91 Å². The maximum absolute atomic E-state index is 13.0. The smallest absolute Gasteiger partial charge is 0.314 e.